The summed E-state index contributed by atoms with van der Waals surface area (Å²) in [6.07, 6.45) is 1.44. The van der Waals surface area contributed by atoms with Crippen molar-refractivity contribution >= 4 is 11.8 Å². The van der Waals surface area contributed by atoms with Crippen LogP contribution in [0.3, 0.4) is 0 Å². The quantitative estimate of drug-likeness (QED) is 0.747. The largest absolute Gasteiger partial charge is 0.316 e. The Labute approximate surface area is 103 Å². The average molecular weight is 238 g/mol. The molecule has 0 bridgehead atoms. The lowest BCUT2D eigenvalue weighted by Gasteiger charge is -2.26. The van der Waals surface area contributed by atoms with E-state index in [-0.39, 0.29) is 17.7 Å². The minimum Gasteiger partial charge on any atom is -0.316 e. The fraction of sp³-hybridized carbons (Fsp3) is 0.846. The van der Waals surface area contributed by atoms with E-state index in [1.54, 1.807) is 0 Å². The van der Waals surface area contributed by atoms with Crippen molar-refractivity contribution in [3.63, 3.8) is 0 Å². The van der Waals surface area contributed by atoms with E-state index in [1.807, 2.05) is 20.8 Å². The molecule has 0 spiro atoms. The van der Waals surface area contributed by atoms with Crippen LogP contribution in [0.4, 0.5) is 0 Å². The highest BCUT2D eigenvalue weighted by molar-refractivity contribution is 6.05. The second kappa shape index (κ2) is 4.41. The zero-order valence-electron chi connectivity index (χ0n) is 11.0. The van der Waals surface area contributed by atoms with Gasteiger partial charge in [0.2, 0.25) is 11.8 Å². The Hall–Kier alpha value is -0.900. The molecule has 2 aliphatic heterocycles. The summed E-state index contributed by atoms with van der Waals surface area (Å²) in [7, 11) is 0. The van der Waals surface area contributed by atoms with Gasteiger partial charge in [-0.2, -0.15) is 0 Å². The van der Waals surface area contributed by atoms with Crippen LogP contribution in [0, 0.1) is 17.3 Å². The molecule has 2 saturated heterocycles. The number of nitrogens with one attached hydrogen (secondary N) is 1. The van der Waals surface area contributed by atoms with Gasteiger partial charge in [-0.1, -0.05) is 13.8 Å². The number of carbonyl (C=O) groups is 2. The maximum absolute atomic E-state index is 12.4. The van der Waals surface area contributed by atoms with Crippen molar-refractivity contribution in [2.45, 2.75) is 33.6 Å². The SMILES string of the molecule is CC(C)C1(C)CC(=O)N(CC2CCNC2)C1=O. The molecule has 4 heteroatoms. The highest BCUT2D eigenvalue weighted by Crippen LogP contribution is 2.39. The Morgan fingerprint density at radius 3 is 2.65 bits per heavy atom. The molecule has 2 amide bonds. The number of imide groups is 1. The van der Waals surface area contributed by atoms with Crippen LogP contribution < -0.4 is 5.32 Å². The Morgan fingerprint density at radius 2 is 2.18 bits per heavy atom. The minimum absolute atomic E-state index is 0.0121. The van der Waals surface area contributed by atoms with Crippen LogP contribution in [0.25, 0.3) is 0 Å². The van der Waals surface area contributed by atoms with E-state index in [4.69, 9.17) is 0 Å². The van der Waals surface area contributed by atoms with Crippen LogP contribution in [-0.2, 0) is 9.59 Å². The number of rotatable bonds is 3. The number of amides is 2. The van der Waals surface area contributed by atoms with Gasteiger partial charge in [-0.05, 0) is 38.3 Å². The second-order valence-corrected chi connectivity index (χ2v) is 5.92. The van der Waals surface area contributed by atoms with E-state index in [1.165, 1.54) is 4.90 Å². The van der Waals surface area contributed by atoms with E-state index in [2.05, 4.69) is 5.32 Å². The molecule has 0 aromatic rings. The van der Waals surface area contributed by atoms with Crippen molar-refractivity contribution in [3.8, 4) is 0 Å². The van der Waals surface area contributed by atoms with Crippen molar-refractivity contribution in [1.29, 1.82) is 0 Å². The molecule has 0 aromatic heterocycles. The molecule has 2 rings (SSSR count). The first-order valence-corrected chi connectivity index (χ1v) is 6.50. The first-order valence-electron chi connectivity index (χ1n) is 6.50. The zero-order valence-corrected chi connectivity index (χ0v) is 11.0. The number of nitrogens with zero attached hydrogens (tertiary/aromatic N) is 1. The van der Waals surface area contributed by atoms with E-state index >= 15 is 0 Å². The van der Waals surface area contributed by atoms with Crippen molar-refractivity contribution in [1.82, 2.24) is 10.2 Å². The summed E-state index contributed by atoms with van der Waals surface area (Å²) in [6, 6.07) is 0. The highest BCUT2D eigenvalue weighted by atomic mass is 16.2. The Kier molecular flexibility index (Phi) is 3.25. The predicted octanol–water partition coefficient (Wildman–Crippen LogP) is 1.02. The number of carbonyl (C=O) groups excluding carboxylic acids is 2. The summed E-state index contributed by atoms with van der Waals surface area (Å²) in [5.41, 5.74) is -0.483. The van der Waals surface area contributed by atoms with Crippen LogP contribution in [-0.4, -0.2) is 36.3 Å². The highest BCUT2D eigenvalue weighted by Gasteiger charge is 2.50. The summed E-state index contributed by atoms with van der Waals surface area (Å²) < 4.78 is 0. The van der Waals surface area contributed by atoms with Gasteiger partial charge in [0.05, 0.1) is 5.41 Å². The third-order valence-electron chi connectivity index (χ3n) is 4.43. The van der Waals surface area contributed by atoms with Gasteiger partial charge in [0, 0.05) is 13.0 Å². The van der Waals surface area contributed by atoms with Gasteiger partial charge in [0.15, 0.2) is 0 Å². The van der Waals surface area contributed by atoms with E-state index < -0.39 is 5.41 Å². The van der Waals surface area contributed by atoms with E-state index in [0.717, 1.165) is 19.5 Å². The van der Waals surface area contributed by atoms with Crippen molar-refractivity contribution in [3.05, 3.63) is 0 Å². The number of hydrogen-bond donors (Lipinski definition) is 1. The summed E-state index contributed by atoms with van der Waals surface area (Å²) >= 11 is 0. The van der Waals surface area contributed by atoms with Gasteiger partial charge < -0.3 is 5.32 Å². The fourth-order valence-corrected chi connectivity index (χ4v) is 2.67. The third kappa shape index (κ3) is 2.10. The van der Waals surface area contributed by atoms with Crippen molar-refractivity contribution < 1.29 is 9.59 Å². The predicted molar refractivity (Wildman–Crippen MR) is 65.3 cm³/mol. The lowest BCUT2D eigenvalue weighted by atomic mass is 9.78. The molecule has 0 aliphatic carbocycles. The van der Waals surface area contributed by atoms with E-state index in [0.29, 0.717) is 18.9 Å². The topological polar surface area (TPSA) is 49.4 Å². The maximum Gasteiger partial charge on any atom is 0.235 e. The van der Waals surface area contributed by atoms with Crippen molar-refractivity contribution in [2.75, 3.05) is 19.6 Å². The second-order valence-electron chi connectivity index (χ2n) is 5.92. The van der Waals surface area contributed by atoms with Crippen LogP contribution in [0.5, 0.6) is 0 Å². The van der Waals surface area contributed by atoms with Crippen LogP contribution in [0.2, 0.25) is 0 Å². The summed E-state index contributed by atoms with van der Waals surface area (Å²) in [4.78, 5) is 25.8. The number of hydrogen-bond acceptors (Lipinski definition) is 3. The lowest BCUT2D eigenvalue weighted by Crippen LogP contribution is -2.39. The third-order valence-corrected chi connectivity index (χ3v) is 4.43. The van der Waals surface area contributed by atoms with Gasteiger partial charge in [-0.25, -0.2) is 0 Å². The molecule has 2 aliphatic rings. The van der Waals surface area contributed by atoms with Gasteiger partial charge >= 0.3 is 0 Å². The minimum atomic E-state index is -0.483. The molecule has 2 unspecified atom stereocenters. The molecule has 17 heavy (non-hydrogen) atoms. The van der Waals surface area contributed by atoms with Crippen molar-refractivity contribution in [2.24, 2.45) is 17.3 Å². The summed E-state index contributed by atoms with van der Waals surface area (Å²) in [6.45, 7) is 8.49. The molecule has 0 aromatic carbocycles. The normalized spacial score (nSPS) is 34.1. The first-order chi connectivity index (χ1) is 7.95. The standard InChI is InChI=1S/C13H22N2O2/c1-9(2)13(3)6-11(16)15(12(13)17)8-10-4-5-14-7-10/h9-10,14H,4-8H2,1-3H3. The van der Waals surface area contributed by atoms with Gasteiger partial charge in [0.1, 0.15) is 0 Å². The van der Waals surface area contributed by atoms with E-state index in [9.17, 15) is 9.59 Å². The first kappa shape index (κ1) is 12.6. The molecule has 2 heterocycles. The van der Waals surface area contributed by atoms with Crippen LogP contribution in [0.15, 0.2) is 0 Å². The molecule has 0 saturated carbocycles. The van der Waals surface area contributed by atoms with Gasteiger partial charge in [0.25, 0.3) is 0 Å². The lowest BCUT2D eigenvalue weighted by molar-refractivity contribution is -0.142. The van der Waals surface area contributed by atoms with Gasteiger partial charge in [-0.15, -0.1) is 0 Å². The summed E-state index contributed by atoms with van der Waals surface area (Å²) in [5, 5.41) is 3.27. The molecule has 2 fully saturated rings. The molecule has 2 atom stereocenters. The monoisotopic (exact) mass is 238 g/mol. The molecule has 0 radical (unpaired) electrons. The zero-order chi connectivity index (χ0) is 12.6. The van der Waals surface area contributed by atoms with Crippen LogP contribution in [0.1, 0.15) is 33.6 Å². The molecular formula is C13H22N2O2. The Morgan fingerprint density at radius 1 is 1.47 bits per heavy atom. The molecule has 1 N–H and O–H groups in total. The molecule has 4 nitrogen and oxygen atoms in total. The summed E-state index contributed by atoms with van der Waals surface area (Å²) in [5.74, 6) is 0.700. The van der Waals surface area contributed by atoms with Gasteiger partial charge in [-0.3, -0.25) is 14.5 Å². The van der Waals surface area contributed by atoms with Crippen LogP contribution >= 0.6 is 0 Å². The smallest absolute Gasteiger partial charge is 0.235 e. The Balaban J connectivity index is 2.08. The molecular weight excluding hydrogens is 216 g/mol. The molecule has 96 valence electrons. The Bertz CT molecular complexity index is 334. The fourth-order valence-electron chi connectivity index (χ4n) is 2.67. The number of likely N-dealkylation sites (tertiary alicyclic amines) is 1. The maximum atomic E-state index is 12.4. The average Bonchev–Trinajstić information content (AvgIpc) is 2.82.